The van der Waals surface area contributed by atoms with E-state index >= 15 is 0 Å². The van der Waals surface area contributed by atoms with E-state index in [2.05, 4.69) is 0 Å². The van der Waals surface area contributed by atoms with Gasteiger partial charge < -0.3 is 29.2 Å². The number of ether oxygens (including phenoxy) is 4. The summed E-state index contributed by atoms with van der Waals surface area (Å²) in [4.78, 5) is 47.7. The van der Waals surface area contributed by atoms with E-state index in [1.807, 2.05) is 0 Å². The summed E-state index contributed by atoms with van der Waals surface area (Å²) in [7, 11) is 0. The van der Waals surface area contributed by atoms with Gasteiger partial charge in [-0.2, -0.15) is 0 Å². The second-order valence-electron chi connectivity index (χ2n) is 9.37. The van der Waals surface area contributed by atoms with Gasteiger partial charge in [-0.05, 0) is 65.2 Å². The van der Waals surface area contributed by atoms with E-state index in [0.717, 1.165) is 48.5 Å². The molecule has 0 aliphatic rings. The fourth-order valence-corrected chi connectivity index (χ4v) is 4.10. The van der Waals surface area contributed by atoms with Crippen LogP contribution in [0.25, 0.3) is 22.3 Å². The van der Waals surface area contributed by atoms with Gasteiger partial charge in [-0.15, -0.1) is 0 Å². The molecule has 4 aromatic rings. The van der Waals surface area contributed by atoms with Gasteiger partial charge in [-0.3, -0.25) is 0 Å². The van der Waals surface area contributed by atoms with Crippen LogP contribution in [0.15, 0.2) is 72.8 Å². The molecule has 2 N–H and O–H groups in total. The highest BCUT2D eigenvalue weighted by Crippen LogP contribution is 2.30. The summed E-state index contributed by atoms with van der Waals surface area (Å²) in [5.74, 6) is -9.01. The molecule has 10 nitrogen and oxygen atoms in total. The summed E-state index contributed by atoms with van der Waals surface area (Å²) in [6.07, 6.45) is 0. The Morgan fingerprint density at radius 1 is 0.543 bits per heavy atom. The normalized spacial score (nSPS) is 10.8. The minimum absolute atomic E-state index is 0.0621. The Hall–Kier alpha value is -5.60. The Kier molecular flexibility index (Phi) is 10.8. The fraction of sp³-hybridized carbons (Fsp3) is 0.125. The Morgan fingerprint density at radius 2 is 1.04 bits per heavy atom. The zero-order valence-corrected chi connectivity index (χ0v) is 23.4. The molecule has 0 bridgehead atoms. The summed E-state index contributed by atoms with van der Waals surface area (Å²) < 4.78 is 74.7. The number of hydrogen-bond donors (Lipinski definition) is 2. The molecule has 0 heterocycles. The molecule has 0 spiro atoms. The minimum Gasteiger partial charge on any atom is -0.478 e. The third kappa shape index (κ3) is 8.74. The maximum absolute atomic E-state index is 14.1. The van der Waals surface area contributed by atoms with Crippen molar-refractivity contribution in [3.05, 3.63) is 107 Å². The topological polar surface area (TPSA) is 146 Å². The van der Waals surface area contributed by atoms with Gasteiger partial charge in [-0.1, -0.05) is 12.1 Å². The van der Waals surface area contributed by atoms with Gasteiger partial charge in [-0.25, -0.2) is 36.7 Å². The van der Waals surface area contributed by atoms with Crippen LogP contribution >= 0.6 is 0 Å². The number of carbonyl (C=O) groups is 4. The van der Waals surface area contributed by atoms with Gasteiger partial charge in [0.1, 0.15) is 59.1 Å². The highest BCUT2D eigenvalue weighted by Gasteiger charge is 2.19. The molecule has 0 unspecified atom stereocenters. The van der Waals surface area contributed by atoms with Crippen LogP contribution in [0.5, 0.6) is 11.5 Å². The van der Waals surface area contributed by atoms with E-state index in [1.54, 1.807) is 0 Å². The third-order valence-electron chi connectivity index (χ3n) is 6.12. The number of hydrogen-bond acceptors (Lipinski definition) is 8. The van der Waals surface area contributed by atoms with E-state index in [-0.39, 0.29) is 47.0 Å². The predicted molar refractivity (Wildman–Crippen MR) is 150 cm³/mol. The zero-order chi connectivity index (χ0) is 33.4. The van der Waals surface area contributed by atoms with Gasteiger partial charge in [0.2, 0.25) is 0 Å². The molecule has 0 saturated heterocycles. The summed E-state index contributed by atoms with van der Waals surface area (Å²) in [5.41, 5.74) is -0.616. The Bertz CT molecular complexity index is 1790. The van der Waals surface area contributed by atoms with Crippen molar-refractivity contribution >= 4 is 23.9 Å². The minimum atomic E-state index is -1.47. The van der Waals surface area contributed by atoms with E-state index in [1.165, 1.54) is 12.1 Å². The van der Waals surface area contributed by atoms with E-state index in [0.29, 0.717) is 12.1 Å². The standard InChI is InChI=1S/C32H22F4O10/c33-20-3-4-23(26(36)14-20)18-2-6-28(25(12-18)32(41)42)46-30(38)16-44-8-7-43-15-29(37)45-27-5-1-17(11-24(27)31(39)40)19-9-21(34)13-22(35)10-19/h1-6,9-14H,7-8,15-16H2,(H,39,40)(H,41,42). The smallest absolute Gasteiger partial charge is 0.339 e. The number of aromatic carboxylic acids is 2. The van der Waals surface area contributed by atoms with Crippen molar-refractivity contribution in [2.45, 2.75) is 0 Å². The Balaban J connectivity index is 1.24. The van der Waals surface area contributed by atoms with Crippen LogP contribution in [0.1, 0.15) is 20.7 Å². The second-order valence-corrected chi connectivity index (χ2v) is 9.37. The summed E-state index contributed by atoms with van der Waals surface area (Å²) in [5, 5.41) is 19.0. The molecular formula is C32H22F4O10. The van der Waals surface area contributed by atoms with Crippen LogP contribution < -0.4 is 9.47 Å². The highest BCUT2D eigenvalue weighted by molar-refractivity contribution is 5.94. The molecule has 14 heteroatoms. The maximum atomic E-state index is 14.1. The van der Waals surface area contributed by atoms with Crippen LogP contribution in [0.2, 0.25) is 0 Å². The lowest BCUT2D eigenvalue weighted by atomic mass is 10.0. The van der Waals surface area contributed by atoms with Crippen molar-refractivity contribution in [2.24, 2.45) is 0 Å². The predicted octanol–water partition coefficient (Wildman–Crippen LogP) is 5.52. The third-order valence-corrected chi connectivity index (χ3v) is 6.12. The summed E-state index contributed by atoms with van der Waals surface area (Å²) in [6, 6.07) is 12.5. The first kappa shape index (κ1) is 33.3. The molecule has 46 heavy (non-hydrogen) atoms. The van der Waals surface area contributed by atoms with Crippen molar-refractivity contribution in [3.8, 4) is 33.8 Å². The van der Waals surface area contributed by atoms with Crippen molar-refractivity contribution in [1.82, 2.24) is 0 Å². The van der Waals surface area contributed by atoms with Crippen molar-refractivity contribution in [2.75, 3.05) is 26.4 Å². The highest BCUT2D eigenvalue weighted by atomic mass is 19.1. The molecule has 4 rings (SSSR count). The number of carbonyl (C=O) groups excluding carboxylic acids is 2. The second kappa shape index (κ2) is 14.9. The average Bonchev–Trinajstić information content (AvgIpc) is 2.98. The van der Waals surface area contributed by atoms with E-state index < -0.39 is 71.5 Å². The molecule has 0 fully saturated rings. The molecule has 0 aliphatic carbocycles. The van der Waals surface area contributed by atoms with Crippen LogP contribution in [0.3, 0.4) is 0 Å². The van der Waals surface area contributed by atoms with E-state index in [9.17, 15) is 47.0 Å². The lowest BCUT2D eigenvalue weighted by Gasteiger charge is -2.11. The van der Waals surface area contributed by atoms with Crippen molar-refractivity contribution in [1.29, 1.82) is 0 Å². The molecule has 238 valence electrons. The zero-order valence-electron chi connectivity index (χ0n) is 23.4. The number of benzene rings is 4. The molecule has 0 aromatic heterocycles. The van der Waals surface area contributed by atoms with Gasteiger partial charge in [0.15, 0.2) is 0 Å². The van der Waals surface area contributed by atoms with Crippen LogP contribution in [-0.2, 0) is 19.1 Å². The van der Waals surface area contributed by atoms with Gasteiger partial charge in [0, 0.05) is 17.7 Å². The number of carboxylic acid groups (broad SMARTS) is 2. The van der Waals surface area contributed by atoms with Gasteiger partial charge in [0.25, 0.3) is 0 Å². The molecule has 0 radical (unpaired) electrons. The van der Waals surface area contributed by atoms with Crippen molar-refractivity contribution < 1.29 is 65.9 Å². The first-order valence-electron chi connectivity index (χ1n) is 13.1. The molecule has 0 aliphatic heterocycles. The maximum Gasteiger partial charge on any atom is 0.339 e. The Morgan fingerprint density at radius 3 is 1.54 bits per heavy atom. The van der Waals surface area contributed by atoms with Crippen LogP contribution in [-0.4, -0.2) is 60.5 Å². The van der Waals surface area contributed by atoms with Crippen LogP contribution in [0.4, 0.5) is 17.6 Å². The number of carboxylic acids is 2. The largest absolute Gasteiger partial charge is 0.478 e. The monoisotopic (exact) mass is 642 g/mol. The van der Waals surface area contributed by atoms with Crippen LogP contribution in [0, 0.1) is 23.3 Å². The molecular weight excluding hydrogens is 620 g/mol. The SMILES string of the molecule is O=C(COCCOCC(=O)Oc1ccc(-c2ccc(F)cc2F)cc1C(=O)O)Oc1ccc(-c2cc(F)cc(F)c2)cc1C(=O)O. The molecule has 4 aromatic carbocycles. The first-order chi connectivity index (χ1) is 21.9. The molecule has 0 atom stereocenters. The van der Waals surface area contributed by atoms with Gasteiger partial charge >= 0.3 is 23.9 Å². The first-order valence-corrected chi connectivity index (χ1v) is 13.1. The number of halogens is 4. The summed E-state index contributed by atoms with van der Waals surface area (Å²) in [6.45, 7) is -1.69. The quantitative estimate of drug-likeness (QED) is 0.0828. The van der Waals surface area contributed by atoms with Gasteiger partial charge in [0.05, 0.1) is 13.2 Å². The number of rotatable bonds is 13. The van der Waals surface area contributed by atoms with Crippen molar-refractivity contribution in [3.63, 3.8) is 0 Å². The Labute approximate surface area is 257 Å². The average molecular weight is 643 g/mol. The number of esters is 2. The van der Waals surface area contributed by atoms with E-state index in [4.69, 9.17) is 18.9 Å². The lowest BCUT2D eigenvalue weighted by molar-refractivity contribution is -0.143. The molecule has 0 saturated carbocycles. The summed E-state index contributed by atoms with van der Waals surface area (Å²) >= 11 is 0. The lowest BCUT2D eigenvalue weighted by Crippen LogP contribution is -2.21. The molecule has 0 amide bonds. The fourth-order valence-electron chi connectivity index (χ4n) is 4.10.